The third-order valence-electron chi connectivity index (χ3n) is 2.86. The van der Waals surface area contributed by atoms with Crippen molar-refractivity contribution < 1.29 is 4.74 Å². The quantitative estimate of drug-likeness (QED) is 0.782. The van der Waals surface area contributed by atoms with Crippen molar-refractivity contribution in [2.45, 2.75) is 26.3 Å². The highest BCUT2D eigenvalue weighted by molar-refractivity contribution is 5.62. The van der Waals surface area contributed by atoms with Gasteiger partial charge >= 0.3 is 0 Å². The molecular weight excluding hydrogens is 192 g/mol. The van der Waals surface area contributed by atoms with E-state index in [1.807, 2.05) is 0 Å². The molecule has 0 amide bonds. The van der Waals surface area contributed by atoms with E-state index in [0.717, 1.165) is 6.42 Å². The highest BCUT2D eigenvalue weighted by Crippen LogP contribution is 2.47. The van der Waals surface area contributed by atoms with Gasteiger partial charge in [0.1, 0.15) is 6.33 Å². The zero-order valence-electron chi connectivity index (χ0n) is 9.24. The number of nitrogen functional groups attached to an aromatic ring is 1. The number of rotatable bonds is 3. The number of nitrogens with zero attached hydrogens (tertiary/aromatic N) is 2. The average Bonchev–Trinajstić information content (AvgIpc) is 2.74. The van der Waals surface area contributed by atoms with Crippen LogP contribution in [0.4, 0.5) is 11.6 Å². The summed E-state index contributed by atoms with van der Waals surface area (Å²) < 4.78 is 5.16. The zero-order valence-corrected chi connectivity index (χ0v) is 9.24. The summed E-state index contributed by atoms with van der Waals surface area (Å²) in [5.74, 6) is 1.58. The van der Waals surface area contributed by atoms with Crippen LogP contribution in [0.2, 0.25) is 0 Å². The van der Waals surface area contributed by atoms with E-state index >= 15 is 0 Å². The molecule has 1 aromatic rings. The van der Waals surface area contributed by atoms with Gasteiger partial charge in [0.05, 0.1) is 7.11 Å². The smallest absolute Gasteiger partial charge is 0.203 e. The SMILES string of the molecule is COc1c(N)ncnc1NC1CC1(C)C. The first-order valence-electron chi connectivity index (χ1n) is 4.95. The van der Waals surface area contributed by atoms with Gasteiger partial charge in [0.25, 0.3) is 0 Å². The second-order valence-corrected chi connectivity index (χ2v) is 4.53. The minimum Gasteiger partial charge on any atom is -0.490 e. The fourth-order valence-electron chi connectivity index (χ4n) is 1.57. The molecule has 82 valence electrons. The average molecular weight is 208 g/mol. The Balaban J connectivity index is 2.18. The monoisotopic (exact) mass is 208 g/mol. The van der Waals surface area contributed by atoms with Crippen molar-refractivity contribution in [2.24, 2.45) is 5.41 Å². The first-order chi connectivity index (χ1) is 7.04. The summed E-state index contributed by atoms with van der Waals surface area (Å²) in [6, 6.07) is 0.445. The van der Waals surface area contributed by atoms with Crippen LogP contribution in [0.3, 0.4) is 0 Å². The van der Waals surface area contributed by atoms with Gasteiger partial charge in [-0.05, 0) is 11.8 Å². The molecule has 3 N–H and O–H groups in total. The van der Waals surface area contributed by atoms with Crippen LogP contribution in [0.5, 0.6) is 5.75 Å². The molecule has 5 nitrogen and oxygen atoms in total. The Hall–Kier alpha value is -1.52. The van der Waals surface area contributed by atoms with E-state index in [0.29, 0.717) is 28.8 Å². The van der Waals surface area contributed by atoms with Gasteiger partial charge in [-0.1, -0.05) is 13.8 Å². The van der Waals surface area contributed by atoms with Gasteiger partial charge in [0.15, 0.2) is 11.6 Å². The van der Waals surface area contributed by atoms with Crippen LogP contribution in [0.1, 0.15) is 20.3 Å². The van der Waals surface area contributed by atoms with Gasteiger partial charge in [-0.15, -0.1) is 0 Å². The maximum Gasteiger partial charge on any atom is 0.203 e. The molecule has 1 aromatic heterocycles. The molecular formula is C10H16N4O. The van der Waals surface area contributed by atoms with Crippen LogP contribution in [-0.4, -0.2) is 23.1 Å². The molecule has 1 aliphatic carbocycles. The van der Waals surface area contributed by atoms with Crippen molar-refractivity contribution in [3.63, 3.8) is 0 Å². The molecule has 5 heteroatoms. The number of hydrogen-bond donors (Lipinski definition) is 2. The van der Waals surface area contributed by atoms with Crippen molar-refractivity contribution in [1.29, 1.82) is 0 Å². The fourth-order valence-corrected chi connectivity index (χ4v) is 1.57. The summed E-state index contributed by atoms with van der Waals surface area (Å²) in [7, 11) is 1.57. The summed E-state index contributed by atoms with van der Waals surface area (Å²) in [5, 5.41) is 3.31. The van der Waals surface area contributed by atoms with E-state index < -0.39 is 0 Å². The number of methoxy groups -OCH3 is 1. The molecule has 0 aliphatic heterocycles. The number of anilines is 2. The van der Waals surface area contributed by atoms with Gasteiger partial charge in [0.2, 0.25) is 5.75 Å². The molecule has 1 unspecified atom stereocenters. The minimum absolute atomic E-state index is 0.338. The van der Waals surface area contributed by atoms with Crippen LogP contribution in [-0.2, 0) is 0 Å². The van der Waals surface area contributed by atoms with Gasteiger partial charge in [-0.2, -0.15) is 0 Å². The highest BCUT2D eigenvalue weighted by atomic mass is 16.5. The predicted molar refractivity (Wildman–Crippen MR) is 58.8 cm³/mol. The van der Waals surface area contributed by atoms with Crippen LogP contribution >= 0.6 is 0 Å². The second kappa shape index (κ2) is 3.25. The van der Waals surface area contributed by atoms with Crippen LogP contribution in [0.15, 0.2) is 6.33 Å². The van der Waals surface area contributed by atoms with E-state index in [2.05, 4.69) is 29.1 Å². The number of nitrogens with two attached hydrogens (primary N) is 1. The first kappa shape index (κ1) is 10.0. The predicted octanol–water partition coefficient (Wildman–Crippen LogP) is 1.28. The van der Waals surface area contributed by atoms with Crippen molar-refractivity contribution in [3.8, 4) is 5.75 Å². The molecule has 0 spiro atoms. The molecule has 1 atom stereocenters. The van der Waals surface area contributed by atoms with Gasteiger partial charge < -0.3 is 15.8 Å². The number of hydrogen-bond acceptors (Lipinski definition) is 5. The maximum absolute atomic E-state index is 5.68. The van der Waals surface area contributed by atoms with Crippen molar-refractivity contribution in [3.05, 3.63) is 6.33 Å². The second-order valence-electron chi connectivity index (χ2n) is 4.53. The maximum atomic E-state index is 5.68. The Morgan fingerprint density at radius 1 is 1.53 bits per heavy atom. The minimum atomic E-state index is 0.338. The van der Waals surface area contributed by atoms with Gasteiger partial charge in [0, 0.05) is 6.04 Å². The fraction of sp³-hybridized carbons (Fsp3) is 0.600. The largest absolute Gasteiger partial charge is 0.490 e. The highest BCUT2D eigenvalue weighted by Gasteiger charge is 2.46. The van der Waals surface area contributed by atoms with E-state index in [9.17, 15) is 0 Å². The summed E-state index contributed by atoms with van der Waals surface area (Å²) >= 11 is 0. The summed E-state index contributed by atoms with van der Waals surface area (Å²) in [4.78, 5) is 8.01. The molecule has 1 heterocycles. The first-order valence-corrected chi connectivity index (χ1v) is 4.95. The molecule has 0 bridgehead atoms. The third-order valence-corrected chi connectivity index (χ3v) is 2.86. The van der Waals surface area contributed by atoms with Crippen molar-refractivity contribution in [2.75, 3.05) is 18.2 Å². The number of aromatic nitrogens is 2. The Kier molecular flexibility index (Phi) is 2.17. The molecule has 1 saturated carbocycles. The van der Waals surface area contributed by atoms with E-state index in [4.69, 9.17) is 10.5 Å². The lowest BCUT2D eigenvalue weighted by atomic mass is 10.2. The van der Waals surface area contributed by atoms with Gasteiger partial charge in [-0.3, -0.25) is 0 Å². The lowest BCUT2D eigenvalue weighted by molar-refractivity contribution is 0.415. The molecule has 1 fully saturated rings. The lowest BCUT2D eigenvalue weighted by Gasteiger charge is -2.11. The van der Waals surface area contributed by atoms with E-state index in [1.165, 1.54) is 6.33 Å². The topological polar surface area (TPSA) is 73.1 Å². The Morgan fingerprint density at radius 2 is 2.20 bits per heavy atom. The summed E-state index contributed by atoms with van der Waals surface area (Å²) in [6.45, 7) is 4.42. The van der Waals surface area contributed by atoms with E-state index in [1.54, 1.807) is 7.11 Å². The van der Waals surface area contributed by atoms with Crippen LogP contribution in [0.25, 0.3) is 0 Å². The Bertz CT molecular complexity index is 378. The normalized spacial score (nSPS) is 22.2. The van der Waals surface area contributed by atoms with Gasteiger partial charge in [-0.25, -0.2) is 9.97 Å². The molecule has 2 rings (SSSR count). The van der Waals surface area contributed by atoms with Crippen molar-refractivity contribution in [1.82, 2.24) is 9.97 Å². The van der Waals surface area contributed by atoms with E-state index in [-0.39, 0.29) is 0 Å². The molecule has 0 saturated heterocycles. The lowest BCUT2D eigenvalue weighted by Crippen LogP contribution is -2.12. The molecule has 15 heavy (non-hydrogen) atoms. The standard InChI is InChI=1S/C10H16N4O/c1-10(2)4-6(10)14-9-7(15-3)8(11)12-5-13-9/h5-6H,4H2,1-3H3,(H3,11,12,13,14). The summed E-state index contributed by atoms with van der Waals surface area (Å²) in [5.41, 5.74) is 6.02. The van der Waals surface area contributed by atoms with Crippen LogP contribution in [0, 0.1) is 5.41 Å². The Morgan fingerprint density at radius 3 is 2.73 bits per heavy atom. The third kappa shape index (κ3) is 1.82. The number of ether oxygens (including phenoxy) is 1. The Labute approximate surface area is 89.1 Å². The zero-order chi connectivity index (χ0) is 11.1. The molecule has 0 radical (unpaired) electrons. The number of nitrogens with one attached hydrogen (secondary N) is 1. The molecule has 0 aromatic carbocycles. The van der Waals surface area contributed by atoms with Crippen LogP contribution < -0.4 is 15.8 Å². The summed E-state index contributed by atoms with van der Waals surface area (Å²) in [6.07, 6.45) is 2.58. The van der Waals surface area contributed by atoms with Crippen molar-refractivity contribution >= 4 is 11.6 Å². The molecule has 1 aliphatic rings.